The smallest absolute Gasteiger partial charge is 0.251 e. The number of carbonyl (C=O) groups is 2. The highest BCUT2D eigenvalue weighted by molar-refractivity contribution is 7.22. The number of thiazole rings is 1. The van der Waals surface area contributed by atoms with Crippen LogP contribution in [0.2, 0.25) is 0 Å². The quantitative estimate of drug-likeness (QED) is 0.802. The molecule has 3 heterocycles. The van der Waals surface area contributed by atoms with Crippen LogP contribution in [0.1, 0.15) is 36.5 Å². The van der Waals surface area contributed by atoms with E-state index in [0.29, 0.717) is 22.8 Å². The van der Waals surface area contributed by atoms with E-state index in [1.165, 1.54) is 24.7 Å². The van der Waals surface area contributed by atoms with Crippen LogP contribution in [0, 0.1) is 0 Å². The van der Waals surface area contributed by atoms with Crippen LogP contribution >= 0.6 is 11.3 Å². The van der Waals surface area contributed by atoms with Gasteiger partial charge in [0, 0.05) is 30.6 Å². The molecule has 3 N–H and O–H groups in total. The zero-order valence-corrected chi connectivity index (χ0v) is 13.6. The van der Waals surface area contributed by atoms with Crippen LogP contribution in [0.15, 0.2) is 18.2 Å². The third-order valence-electron chi connectivity index (χ3n) is 4.55. The summed E-state index contributed by atoms with van der Waals surface area (Å²) in [5, 5.41) is 9.90. The van der Waals surface area contributed by atoms with Crippen molar-refractivity contribution in [2.75, 3.05) is 5.32 Å². The first-order chi connectivity index (χ1) is 11.1. The number of hydrogen-bond acceptors (Lipinski definition) is 5. The van der Waals surface area contributed by atoms with Crippen molar-refractivity contribution in [2.45, 2.75) is 44.3 Å². The molecule has 4 rings (SSSR count). The van der Waals surface area contributed by atoms with E-state index in [2.05, 4.69) is 20.9 Å². The fraction of sp³-hybridized carbons (Fsp3) is 0.438. The highest BCUT2D eigenvalue weighted by Gasteiger charge is 2.39. The summed E-state index contributed by atoms with van der Waals surface area (Å²) >= 11 is 1.38. The fourth-order valence-corrected chi connectivity index (χ4v) is 4.46. The molecule has 2 fully saturated rings. The summed E-state index contributed by atoms with van der Waals surface area (Å²) in [5.74, 6) is -0.188. The van der Waals surface area contributed by atoms with Gasteiger partial charge >= 0.3 is 0 Å². The Morgan fingerprint density at radius 2 is 2.22 bits per heavy atom. The van der Waals surface area contributed by atoms with Gasteiger partial charge in [-0.05, 0) is 37.5 Å². The highest BCUT2D eigenvalue weighted by Crippen LogP contribution is 2.29. The number of benzene rings is 1. The molecule has 3 atom stereocenters. The molecule has 2 bridgehead atoms. The molecule has 2 saturated heterocycles. The van der Waals surface area contributed by atoms with E-state index >= 15 is 0 Å². The average molecular weight is 330 g/mol. The molecule has 1 aromatic carbocycles. The summed E-state index contributed by atoms with van der Waals surface area (Å²) in [6.45, 7) is 1.45. The Morgan fingerprint density at radius 1 is 1.35 bits per heavy atom. The van der Waals surface area contributed by atoms with Crippen LogP contribution in [0.3, 0.4) is 0 Å². The van der Waals surface area contributed by atoms with Gasteiger partial charge in [-0.25, -0.2) is 4.98 Å². The molecule has 0 unspecified atom stereocenters. The predicted octanol–water partition coefficient (Wildman–Crippen LogP) is 1.88. The molecule has 120 valence electrons. The van der Waals surface area contributed by atoms with Gasteiger partial charge < -0.3 is 16.0 Å². The molecule has 0 saturated carbocycles. The maximum atomic E-state index is 12.5. The van der Waals surface area contributed by atoms with Gasteiger partial charge in [-0.3, -0.25) is 9.59 Å². The third kappa shape index (κ3) is 2.82. The van der Waals surface area contributed by atoms with Crippen LogP contribution in [-0.2, 0) is 4.79 Å². The molecule has 2 aliphatic rings. The lowest BCUT2D eigenvalue weighted by molar-refractivity contribution is -0.114. The van der Waals surface area contributed by atoms with Gasteiger partial charge in [0.1, 0.15) is 0 Å². The largest absolute Gasteiger partial charge is 0.348 e. The molecule has 6 nitrogen and oxygen atoms in total. The summed E-state index contributed by atoms with van der Waals surface area (Å²) in [7, 11) is 0. The number of nitrogens with zero attached hydrogens (tertiary/aromatic N) is 1. The maximum Gasteiger partial charge on any atom is 0.251 e. The van der Waals surface area contributed by atoms with Crippen molar-refractivity contribution >= 4 is 38.5 Å². The average Bonchev–Trinajstić information content (AvgIpc) is 3.19. The van der Waals surface area contributed by atoms with Gasteiger partial charge in [-0.15, -0.1) is 0 Å². The molecule has 2 aliphatic heterocycles. The number of rotatable bonds is 3. The first kappa shape index (κ1) is 14.6. The van der Waals surface area contributed by atoms with Gasteiger partial charge in [0.05, 0.1) is 10.2 Å². The summed E-state index contributed by atoms with van der Waals surface area (Å²) in [4.78, 5) is 27.9. The zero-order valence-electron chi connectivity index (χ0n) is 12.8. The number of carbonyl (C=O) groups excluding carboxylic acids is 2. The fourth-order valence-electron chi connectivity index (χ4n) is 3.51. The van der Waals surface area contributed by atoms with Crippen molar-refractivity contribution in [3.63, 3.8) is 0 Å². The van der Waals surface area contributed by atoms with Gasteiger partial charge in [0.15, 0.2) is 5.13 Å². The van der Waals surface area contributed by atoms with Gasteiger partial charge in [0.25, 0.3) is 5.91 Å². The lowest BCUT2D eigenvalue weighted by atomic mass is 9.95. The second-order valence-corrected chi connectivity index (χ2v) is 7.28. The number of aromatic nitrogens is 1. The molecule has 2 amide bonds. The van der Waals surface area contributed by atoms with Crippen LogP contribution < -0.4 is 16.0 Å². The van der Waals surface area contributed by atoms with E-state index in [4.69, 9.17) is 0 Å². The topological polar surface area (TPSA) is 83.1 Å². The lowest BCUT2D eigenvalue weighted by Crippen LogP contribution is -2.42. The van der Waals surface area contributed by atoms with E-state index in [1.807, 2.05) is 12.1 Å². The van der Waals surface area contributed by atoms with E-state index in [1.54, 1.807) is 6.07 Å². The summed E-state index contributed by atoms with van der Waals surface area (Å²) in [5.41, 5.74) is 1.43. The molecular weight excluding hydrogens is 312 g/mol. The van der Waals surface area contributed by atoms with E-state index in [0.717, 1.165) is 23.1 Å². The molecule has 23 heavy (non-hydrogen) atoms. The first-order valence-corrected chi connectivity index (χ1v) is 8.65. The highest BCUT2D eigenvalue weighted by atomic mass is 32.1. The summed E-state index contributed by atoms with van der Waals surface area (Å²) in [6.07, 6.45) is 3.38. The minimum absolute atomic E-state index is 0.0410. The molecule has 7 heteroatoms. The number of nitrogens with one attached hydrogen (secondary N) is 3. The molecule has 1 aromatic heterocycles. The minimum Gasteiger partial charge on any atom is -0.348 e. The van der Waals surface area contributed by atoms with Crippen molar-refractivity contribution in [1.29, 1.82) is 0 Å². The molecule has 0 aliphatic carbocycles. The first-order valence-electron chi connectivity index (χ1n) is 7.83. The Bertz CT molecular complexity index is 787. The van der Waals surface area contributed by atoms with Gasteiger partial charge in [-0.2, -0.15) is 0 Å². The Balaban J connectivity index is 1.51. The van der Waals surface area contributed by atoms with E-state index in [9.17, 15) is 9.59 Å². The number of amides is 2. The van der Waals surface area contributed by atoms with Crippen LogP contribution in [0.25, 0.3) is 10.2 Å². The predicted molar refractivity (Wildman–Crippen MR) is 89.7 cm³/mol. The molecule has 2 aromatic rings. The van der Waals surface area contributed by atoms with E-state index < -0.39 is 0 Å². The van der Waals surface area contributed by atoms with Crippen molar-refractivity contribution in [2.24, 2.45) is 0 Å². The van der Waals surface area contributed by atoms with E-state index in [-0.39, 0.29) is 17.9 Å². The Kier molecular flexibility index (Phi) is 3.54. The van der Waals surface area contributed by atoms with Gasteiger partial charge in [-0.1, -0.05) is 11.3 Å². The summed E-state index contributed by atoms with van der Waals surface area (Å²) < 4.78 is 0.896. The molecule has 0 radical (unpaired) electrons. The monoisotopic (exact) mass is 330 g/mol. The SMILES string of the molecule is CC(=O)Nc1nc2ccc(C(=O)N[C@@H]3C[C@H]4CC[C@@H]3N4)cc2s1. The van der Waals surface area contributed by atoms with Crippen molar-refractivity contribution in [1.82, 2.24) is 15.6 Å². The summed E-state index contributed by atoms with van der Waals surface area (Å²) in [6, 6.07) is 6.67. The van der Waals surface area contributed by atoms with Crippen molar-refractivity contribution in [3.05, 3.63) is 23.8 Å². The lowest BCUT2D eigenvalue weighted by Gasteiger charge is -2.21. The number of hydrogen-bond donors (Lipinski definition) is 3. The number of fused-ring (bicyclic) bond motifs is 3. The zero-order chi connectivity index (χ0) is 16.0. The Labute approximate surface area is 137 Å². The molecule has 0 spiro atoms. The minimum atomic E-state index is -0.147. The third-order valence-corrected chi connectivity index (χ3v) is 5.48. The van der Waals surface area contributed by atoms with Crippen LogP contribution in [-0.4, -0.2) is 34.9 Å². The molecular formula is C16H18N4O2S. The normalized spacial score (nSPS) is 25.7. The van der Waals surface area contributed by atoms with Crippen molar-refractivity contribution in [3.8, 4) is 0 Å². The Hall–Kier alpha value is -1.99. The van der Waals surface area contributed by atoms with Crippen LogP contribution in [0.5, 0.6) is 0 Å². The number of anilines is 1. The van der Waals surface area contributed by atoms with Crippen LogP contribution in [0.4, 0.5) is 5.13 Å². The maximum absolute atomic E-state index is 12.5. The second kappa shape index (κ2) is 5.58. The Morgan fingerprint density at radius 3 is 2.91 bits per heavy atom. The van der Waals surface area contributed by atoms with Crippen molar-refractivity contribution < 1.29 is 9.59 Å². The standard InChI is InChI=1S/C16H18N4O2S/c1-8(21)17-16-20-12-4-2-9(6-14(12)23-16)15(22)19-13-7-10-3-5-11(13)18-10/h2,4,6,10-11,13,18H,3,5,7H2,1H3,(H,19,22)(H,17,20,21)/t10-,11+,13-/m1/s1. The second-order valence-electron chi connectivity index (χ2n) is 6.25. The van der Waals surface area contributed by atoms with Gasteiger partial charge in [0.2, 0.25) is 5.91 Å².